The highest BCUT2D eigenvalue weighted by Crippen LogP contribution is 2.28. The average Bonchev–Trinajstić information content (AvgIpc) is 2.34. The first kappa shape index (κ1) is 15.2. The van der Waals surface area contributed by atoms with Gasteiger partial charge in [0.25, 0.3) is 0 Å². The Morgan fingerprint density at radius 1 is 1.28 bits per heavy atom. The summed E-state index contributed by atoms with van der Waals surface area (Å²) < 4.78 is 6.47. The second-order valence-electron chi connectivity index (χ2n) is 4.30. The standard InChI is InChI=1S/C15H19IO2/c1-4-5-6-14(16)15(18-12(3)17)13-9-7-11(2)8-10-13/h7-10H,4-6H2,1-3H3/b15-14+. The van der Waals surface area contributed by atoms with Crippen LogP contribution in [0.2, 0.25) is 0 Å². The predicted octanol–water partition coefficient (Wildman–Crippen LogP) is 4.85. The smallest absolute Gasteiger partial charge is 0.308 e. The number of carbonyl (C=O) groups excluding carboxylic acids is 1. The number of ether oxygens (including phenoxy) is 1. The number of hydrogen-bond acceptors (Lipinski definition) is 2. The topological polar surface area (TPSA) is 26.3 Å². The van der Waals surface area contributed by atoms with Crippen molar-refractivity contribution in [3.8, 4) is 0 Å². The highest BCUT2D eigenvalue weighted by molar-refractivity contribution is 14.1. The summed E-state index contributed by atoms with van der Waals surface area (Å²) in [6.07, 6.45) is 3.19. The van der Waals surface area contributed by atoms with Crippen molar-refractivity contribution in [3.05, 3.63) is 39.0 Å². The van der Waals surface area contributed by atoms with Crippen molar-refractivity contribution in [2.75, 3.05) is 0 Å². The molecule has 1 rings (SSSR count). The molecule has 0 radical (unpaired) electrons. The number of aryl methyl sites for hydroxylation is 1. The number of allylic oxidation sites excluding steroid dienone is 1. The molecule has 0 aliphatic heterocycles. The Morgan fingerprint density at radius 2 is 1.89 bits per heavy atom. The lowest BCUT2D eigenvalue weighted by Gasteiger charge is -2.11. The molecule has 0 aromatic heterocycles. The largest absolute Gasteiger partial charge is 0.425 e. The van der Waals surface area contributed by atoms with E-state index in [9.17, 15) is 4.79 Å². The van der Waals surface area contributed by atoms with Gasteiger partial charge in [0.2, 0.25) is 0 Å². The minimum Gasteiger partial charge on any atom is -0.425 e. The summed E-state index contributed by atoms with van der Waals surface area (Å²) in [6.45, 7) is 5.64. The van der Waals surface area contributed by atoms with E-state index < -0.39 is 0 Å². The van der Waals surface area contributed by atoms with Gasteiger partial charge >= 0.3 is 5.97 Å². The summed E-state index contributed by atoms with van der Waals surface area (Å²) in [6, 6.07) is 8.06. The van der Waals surface area contributed by atoms with Gasteiger partial charge in [0, 0.05) is 16.1 Å². The van der Waals surface area contributed by atoms with E-state index in [0.29, 0.717) is 5.76 Å². The Bertz CT molecular complexity index is 432. The number of halogens is 1. The molecule has 0 saturated heterocycles. The van der Waals surface area contributed by atoms with Gasteiger partial charge in [0.15, 0.2) is 0 Å². The Labute approximate surface area is 123 Å². The van der Waals surface area contributed by atoms with Crippen molar-refractivity contribution in [1.82, 2.24) is 0 Å². The van der Waals surface area contributed by atoms with Crippen molar-refractivity contribution in [2.24, 2.45) is 0 Å². The second-order valence-corrected chi connectivity index (χ2v) is 5.60. The maximum absolute atomic E-state index is 11.2. The van der Waals surface area contributed by atoms with Gasteiger partial charge < -0.3 is 4.74 Å². The molecule has 0 bridgehead atoms. The third-order valence-electron chi connectivity index (χ3n) is 2.56. The predicted molar refractivity (Wildman–Crippen MR) is 83.4 cm³/mol. The van der Waals surface area contributed by atoms with Crippen LogP contribution in [0, 0.1) is 6.92 Å². The van der Waals surface area contributed by atoms with Gasteiger partial charge in [-0.25, -0.2) is 0 Å². The molecule has 0 spiro atoms. The molecule has 0 atom stereocenters. The van der Waals surface area contributed by atoms with Crippen LogP contribution < -0.4 is 0 Å². The number of esters is 1. The SMILES string of the molecule is CCCC/C(I)=C(\OC(C)=O)c1ccc(C)cc1. The number of benzene rings is 1. The molecule has 0 fully saturated rings. The maximum Gasteiger partial charge on any atom is 0.308 e. The normalized spacial score (nSPS) is 12.0. The summed E-state index contributed by atoms with van der Waals surface area (Å²) in [4.78, 5) is 11.2. The van der Waals surface area contributed by atoms with Crippen molar-refractivity contribution >= 4 is 34.3 Å². The summed E-state index contributed by atoms with van der Waals surface area (Å²) in [5, 5.41) is 0. The number of carbonyl (C=O) groups is 1. The minimum atomic E-state index is -0.267. The Hall–Kier alpha value is -0.840. The van der Waals surface area contributed by atoms with Gasteiger partial charge in [0.1, 0.15) is 5.76 Å². The van der Waals surface area contributed by atoms with Crippen molar-refractivity contribution in [1.29, 1.82) is 0 Å². The van der Waals surface area contributed by atoms with Crippen LogP contribution in [0.1, 0.15) is 44.2 Å². The molecular formula is C15H19IO2. The van der Waals surface area contributed by atoms with Crippen LogP contribution in [0.3, 0.4) is 0 Å². The molecule has 3 heteroatoms. The number of rotatable bonds is 5. The minimum absolute atomic E-state index is 0.267. The van der Waals surface area contributed by atoms with Crippen molar-refractivity contribution < 1.29 is 9.53 Å². The lowest BCUT2D eigenvalue weighted by Crippen LogP contribution is -2.00. The van der Waals surface area contributed by atoms with E-state index >= 15 is 0 Å². The van der Waals surface area contributed by atoms with Crippen molar-refractivity contribution in [3.63, 3.8) is 0 Å². The molecule has 0 aliphatic carbocycles. The van der Waals surface area contributed by atoms with Crippen LogP contribution in [-0.2, 0) is 9.53 Å². The summed E-state index contributed by atoms with van der Waals surface area (Å²) in [7, 11) is 0. The van der Waals surface area contributed by atoms with E-state index in [-0.39, 0.29) is 5.97 Å². The first-order valence-electron chi connectivity index (χ1n) is 6.18. The molecule has 18 heavy (non-hydrogen) atoms. The summed E-state index contributed by atoms with van der Waals surface area (Å²) >= 11 is 2.27. The molecule has 0 N–H and O–H groups in total. The number of hydrogen-bond donors (Lipinski definition) is 0. The molecule has 0 heterocycles. The first-order chi connectivity index (χ1) is 8.54. The van der Waals surface area contributed by atoms with Crippen molar-refractivity contribution in [2.45, 2.75) is 40.0 Å². The van der Waals surface area contributed by atoms with E-state index in [1.54, 1.807) is 0 Å². The quantitative estimate of drug-likeness (QED) is 0.427. The zero-order valence-electron chi connectivity index (χ0n) is 11.1. The fourth-order valence-corrected chi connectivity index (χ4v) is 2.37. The van der Waals surface area contributed by atoms with E-state index in [0.717, 1.165) is 28.4 Å². The molecule has 0 aliphatic rings. The van der Waals surface area contributed by atoms with E-state index in [1.165, 1.54) is 12.5 Å². The van der Waals surface area contributed by atoms with Gasteiger partial charge in [0.05, 0.1) is 0 Å². The number of unbranched alkanes of at least 4 members (excludes halogenated alkanes) is 1. The second kappa shape index (κ2) is 7.56. The molecule has 0 amide bonds. The Balaban J connectivity index is 3.04. The molecule has 0 unspecified atom stereocenters. The van der Waals surface area contributed by atoms with Crippen LogP contribution in [0.5, 0.6) is 0 Å². The van der Waals surface area contributed by atoms with Crippen LogP contribution in [-0.4, -0.2) is 5.97 Å². The third-order valence-corrected chi connectivity index (χ3v) is 3.59. The lowest BCUT2D eigenvalue weighted by atomic mass is 10.1. The Kier molecular flexibility index (Phi) is 6.39. The van der Waals surface area contributed by atoms with Gasteiger partial charge in [-0.2, -0.15) is 0 Å². The van der Waals surface area contributed by atoms with Crippen LogP contribution >= 0.6 is 22.6 Å². The van der Waals surface area contributed by atoms with Gasteiger partial charge in [-0.3, -0.25) is 4.79 Å². The fraction of sp³-hybridized carbons (Fsp3) is 0.400. The monoisotopic (exact) mass is 358 g/mol. The Morgan fingerprint density at radius 3 is 2.39 bits per heavy atom. The maximum atomic E-state index is 11.2. The summed E-state index contributed by atoms with van der Waals surface area (Å²) in [5.41, 5.74) is 2.17. The first-order valence-corrected chi connectivity index (χ1v) is 7.26. The molecule has 1 aromatic carbocycles. The van der Waals surface area contributed by atoms with E-state index in [2.05, 4.69) is 29.5 Å². The molecular weight excluding hydrogens is 339 g/mol. The zero-order chi connectivity index (χ0) is 13.5. The van der Waals surface area contributed by atoms with Gasteiger partial charge in [-0.1, -0.05) is 43.2 Å². The van der Waals surface area contributed by atoms with Gasteiger partial charge in [-0.05, 0) is 42.4 Å². The highest BCUT2D eigenvalue weighted by Gasteiger charge is 2.11. The molecule has 98 valence electrons. The van der Waals surface area contributed by atoms with Crippen LogP contribution in [0.15, 0.2) is 27.8 Å². The van der Waals surface area contributed by atoms with Crippen LogP contribution in [0.4, 0.5) is 0 Å². The third kappa shape index (κ3) is 4.80. The molecule has 2 nitrogen and oxygen atoms in total. The van der Waals surface area contributed by atoms with E-state index in [4.69, 9.17) is 4.74 Å². The van der Waals surface area contributed by atoms with Crippen LogP contribution in [0.25, 0.3) is 5.76 Å². The van der Waals surface area contributed by atoms with E-state index in [1.807, 2.05) is 31.2 Å². The average molecular weight is 358 g/mol. The molecule has 0 saturated carbocycles. The lowest BCUT2D eigenvalue weighted by molar-refractivity contribution is -0.134. The highest BCUT2D eigenvalue weighted by atomic mass is 127. The molecule has 1 aromatic rings. The fourth-order valence-electron chi connectivity index (χ4n) is 1.57. The van der Waals surface area contributed by atoms with Gasteiger partial charge in [-0.15, -0.1) is 0 Å². The summed E-state index contributed by atoms with van der Waals surface area (Å²) in [5.74, 6) is 0.438. The zero-order valence-corrected chi connectivity index (χ0v) is 13.3.